The second kappa shape index (κ2) is 17.0. The molecule has 0 saturated heterocycles. The van der Waals surface area contributed by atoms with Crippen molar-refractivity contribution in [2.45, 2.75) is 32.5 Å². The lowest BCUT2D eigenvalue weighted by Crippen LogP contribution is -2.15. The monoisotopic (exact) mass is 680 g/mol. The normalized spacial score (nSPS) is 10.8. The van der Waals surface area contributed by atoms with Gasteiger partial charge in [0.25, 0.3) is 0 Å². The van der Waals surface area contributed by atoms with Gasteiger partial charge in [0.05, 0.1) is 11.1 Å². The van der Waals surface area contributed by atoms with Crippen LogP contribution in [0.3, 0.4) is 0 Å². The predicted octanol–water partition coefficient (Wildman–Crippen LogP) is 8.88. The van der Waals surface area contributed by atoms with Crippen molar-refractivity contribution in [3.63, 3.8) is 0 Å². The van der Waals surface area contributed by atoms with Crippen LogP contribution >= 0.6 is 0 Å². The first kappa shape index (κ1) is 34.8. The minimum absolute atomic E-state index is 0.00231. The minimum Gasteiger partial charge on any atom is -0.478 e. The maximum atomic E-state index is 13.1. The highest BCUT2D eigenvalue weighted by molar-refractivity contribution is 6.03. The van der Waals surface area contributed by atoms with Crippen LogP contribution in [0, 0.1) is 0 Å². The largest absolute Gasteiger partial charge is 0.478 e. The molecular formula is C43H36O8. The van der Waals surface area contributed by atoms with Crippen molar-refractivity contribution in [2.75, 3.05) is 0 Å². The highest BCUT2D eigenvalue weighted by Crippen LogP contribution is 2.23. The number of benzene rings is 6. The van der Waals surface area contributed by atoms with Crippen LogP contribution in [0.25, 0.3) is 0 Å². The van der Waals surface area contributed by atoms with Crippen LogP contribution in [0.5, 0.6) is 11.5 Å². The third kappa shape index (κ3) is 9.77. The van der Waals surface area contributed by atoms with Crippen molar-refractivity contribution in [3.05, 3.63) is 201 Å². The average Bonchev–Trinajstić information content (AvgIpc) is 3.15. The van der Waals surface area contributed by atoms with E-state index >= 15 is 0 Å². The average molecular weight is 681 g/mol. The summed E-state index contributed by atoms with van der Waals surface area (Å²) in [5, 5.41) is 18.7. The molecule has 0 radical (unpaired) electrons. The van der Waals surface area contributed by atoms with E-state index in [-0.39, 0.29) is 24.3 Å². The number of hydrogen-bond donors (Lipinski definition) is 2. The molecule has 0 aliphatic heterocycles. The first-order valence-corrected chi connectivity index (χ1v) is 16.4. The molecule has 0 aliphatic rings. The maximum absolute atomic E-state index is 13.1. The van der Waals surface area contributed by atoms with E-state index in [2.05, 4.69) is 17.0 Å². The fourth-order valence-corrected chi connectivity index (χ4v) is 5.75. The van der Waals surface area contributed by atoms with Crippen molar-refractivity contribution < 1.29 is 39.4 Å². The Morgan fingerprint density at radius 1 is 0.490 bits per heavy atom. The van der Waals surface area contributed by atoms with Crippen LogP contribution in [0.1, 0.15) is 65.2 Å². The summed E-state index contributed by atoms with van der Waals surface area (Å²) in [6.45, 7) is 0.202. The first-order chi connectivity index (χ1) is 24.9. The zero-order chi connectivity index (χ0) is 35.4. The summed E-state index contributed by atoms with van der Waals surface area (Å²) in [6, 6.07) is 45.2. The van der Waals surface area contributed by atoms with Crippen LogP contribution in [0.4, 0.5) is 0 Å². The topological polar surface area (TPSA) is 112 Å². The summed E-state index contributed by atoms with van der Waals surface area (Å²) in [6.07, 6.45) is 1.95. The lowest BCUT2D eigenvalue weighted by molar-refractivity contribution is -0.253. The van der Waals surface area contributed by atoms with Crippen molar-refractivity contribution in [1.82, 2.24) is 0 Å². The second-order valence-electron chi connectivity index (χ2n) is 12.1. The Labute approximate surface area is 295 Å². The molecule has 0 heterocycles. The molecule has 0 aromatic heterocycles. The van der Waals surface area contributed by atoms with Crippen molar-refractivity contribution in [1.29, 1.82) is 0 Å². The highest BCUT2D eigenvalue weighted by atomic mass is 17.2. The molecule has 0 saturated carbocycles. The number of hydrogen-bond acceptors (Lipinski definition) is 7. The molecule has 256 valence electrons. The third-order valence-electron chi connectivity index (χ3n) is 8.36. The first-order valence-electron chi connectivity index (χ1n) is 16.4. The number of carboxylic acid groups (broad SMARTS) is 1. The summed E-state index contributed by atoms with van der Waals surface area (Å²) in [4.78, 5) is 40.5. The van der Waals surface area contributed by atoms with Gasteiger partial charge < -0.3 is 14.7 Å². The number of esters is 1. The van der Waals surface area contributed by atoms with Crippen molar-refractivity contribution in [3.8, 4) is 11.5 Å². The fraction of sp³-hybridized carbons (Fsp3) is 0.116. The molecule has 2 N–H and O–H groups in total. The van der Waals surface area contributed by atoms with Crippen LogP contribution < -0.4 is 9.62 Å². The van der Waals surface area contributed by atoms with Crippen molar-refractivity contribution in [2.24, 2.45) is 0 Å². The number of ether oxygens (including phenoxy) is 1. The van der Waals surface area contributed by atoms with Crippen LogP contribution in [0.15, 0.2) is 146 Å². The van der Waals surface area contributed by atoms with Gasteiger partial charge in [-0.3, -0.25) is 5.26 Å². The summed E-state index contributed by atoms with van der Waals surface area (Å²) in [5.74, 6) is -1.08. The summed E-state index contributed by atoms with van der Waals surface area (Å²) < 4.78 is 5.59. The molecule has 0 atom stereocenters. The molecule has 8 nitrogen and oxygen atoms in total. The van der Waals surface area contributed by atoms with E-state index in [0.717, 1.165) is 45.4 Å². The molecular weight excluding hydrogens is 644 g/mol. The molecule has 0 bridgehead atoms. The van der Waals surface area contributed by atoms with E-state index in [0.29, 0.717) is 24.3 Å². The van der Waals surface area contributed by atoms with Gasteiger partial charge in [-0.25, -0.2) is 14.5 Å². The summed E-state index contributed by atoms with van der Waals surface area (Å²) in [5.41, 5.74) is 7.72. The third-order valence-corrected chi connectivity index (χ3v) is 8.36. The highest BCUT2D eigenvalue weighted by Gasteiger charge is 2.19. The molecule has 6 aromatic rings. The fourth-order valence-electron chi connectivity index (χ4n) is 5.75. The summed E-state index contributed by atoms with van der Waals surface area (Å²) >= 11 is 0. The number of aromatic carboxylic acids is 1. The lowest BCUT2D eigenvalue weighted by Gasteiger charge is -2.12. The molecule has 0 unspecified atom stereocenters. The number of rotatable bonds is 15. The standard InChI is InChI=1S/C43H36O8/c44-42(45)40-22-16-35(25-31-9-5-2-6-10-31)27-41(40)43(46)50-38-18-12-32(13-19-38)23-33-14-20-39(21-15-33)51-49-29-37-26-34(11-17-36(37)28-48-47)24-30-7-3-1-4-8-30/h1-22,26-27,47H,23-25,28-29H2,(H,44,45). The Balaban J connectivity index is 1.03. The maximum Gasteiger partial charge on any atom is 0.344 e. The zero-order valence-electron chi connectivity index (χ0n) is 27.7. The number of carboxylic acids is 1. The van der Waals surface area contributed by atoms with Gasteiger partial charge in [-0.2, -0.15) is 4.89 Å². The van der Waals surface area contributed by atoms with Gasteiger partial charge in [-0.15, -0.1) is 0 Å². The van der Waals surface area contributed by atoms with E-state index in [9.17, 15) is 14.7 Å². The van der Waals surface area contributed by atoms with Crippen LogP contribution in [0.2, 0.25) is 0 Å². The molecule has 6 aromatic carbocycles. The van der Waals surface area contributed by atoms with E-state index in [1.165, 1.54) is 11.6 Å². The quantitative estimate of drug-likeness (QED) is 0.0479. The smallest absolute Gasteiger partial charge is 0.344 e. The Bertz CT molecular complexity index is 2060. The van der Waals surface area contributed by atoms with Gasteiger partial charge in [0.2, 0.25) is 0 Å². The number of carbonyl (C=O) groups is 2. The van der Waals surface area contributed by atoms with Crippen molar-refractivity contribution >= 4 is 11.9 Å². The van der Waals surface area contributed by atoms with Gasteiger partial charge in [0.1, 0.15) is 19.0 Å². The second-order valence-corrected chi connectivity index (χ2v) is 12.1. The Morgan fingerprint density at radius 2 is 1.00 bits per heavy atom. The summed E-state index contributed by atoms with van der Waals surface area (Å²) in [7, 11) is 0. The minimum atomic E-state index is -1.20. The molecule has 8 heteroatoms. The van der Waals surface area contributed by atoms with Gasteiger partial charge in [-0.1, -0.05) is 109 Å². The van der Waals surface area contributed by atoms with Gasteiger partial charge in [0.15, 0.2) is 5.75 Å². The Morgan fingerprint density at radius 3 is 1.59 bits per heavy atom. The number of carbonyl (C=O) groups excluding carboxylic acids is 1. The molecule has 0 amide bonds. The molecule has 0 fully saturated rings. The van der Waals surface area contributed by atoms with E-state index in [1.807, 2.05) is 103 Å². The Hall–Kier alpha value is -6.06. The van der Waals surface area contributed by atoms with E-state index in [4.69, 9.17) is 19.8 Å². The van der Waals surface area contributed by atoms with Gasteiger partial charge >= 0.3 is 11.9 Å². The predicted molar refractivity (Wildman–Crippen MR) is 192 cm³/mol. The molecule has 6 rings (SSSR count). The molecule has 0 spiro atoms. The van der Waals surface area contributed by atoms with Crippen LogP contribution in [-0.4, -0.2) is 22.3 Å². The lowest BCUT2D eigenvalue weighted by atomic mass is 9.99. The van der Waals surface area contributed by atoms with E-state index in [1.54, 1.807) is 24.3 Å². The van der Waals surface area contributed by atoms with E-state index < -0.39 is 11.9 Å². The Kier molecular flexibility index (Phi) is 11.6. The molecule has 0 aliphatic carbocycles. The molecule has 51 heavy (non-hydrogen) atoms. The van der Waals surface area contributed by atoms with Gasteiger partial charge in [0, 0.05) is 0 Å². The SMILES string of the molecule is O=C(O)c1ccc(Cc2ccccc2)cc1C(=O)Oc1ccc(Cc2ccc(OOCc3cc(Cc4ccccc4)ccc3COO)cc2)cc1. The van der Waals surface area contributed by atoms with Gasteiger partial charge in [-0.05, 0) is 100 Å². The van der Waals surface area contributed by atoms with Crippen LogP contribution in [-0.2, 0) is 42.3 Å². The zero-order valence-corrected chi connectivity index (χ0v) is 27.7.